The Kier molecular flexibility index (Phi) is 4.39. The first-order valence-corrected chi connectivity index (χ1v) is 6.60. The quantitative estimate of drug-likeness (QED) is 0.900. The van der Waals surface area contributed by atoms with Crippen LogP contribution >= 0.6 is 11.6 Å². The zero-order valence-corrected chi connectivity index (χ0v) is 11.3. The summed E-state index contributed by atoms with van der Waals surface area (Å²) in [5.74, 6) is 0.928. The molecule has 0 saturated heterocycles. The third-order valence-corrected chi connectivity index (χ3v) is 3.31. The SMILES string of the molecule is CCCn1ccnc1C(N)Cc1ccccc1Cl. The van der Waals surface area contributed by atoms with Crippen LogP contribution in [0.2, 0.25) is 5.02 Å². The lowest BCUT2D eigenvalue weighted by Gasteiger charge is -2.14. The third-order valence-electron chi connectivity index (χ3n) is 2.94. The predicted octanol–water partition coefficient (Wildman–Crippen LogP) is 3.19. The zero-order valence-electron chi connectivity index (χ0n) is 10.5. The minimum absolute atomic E-state index is 0.119. The molecular weight excluding hydrogens is 246 g/mol. The largest absolute Gasteiger partial charge is 0.334 e. The Morgan fingerprint density at radius 2 is 2.17 bits per heavy atom. The molecule has 0 bridgehead atoms. The molecular formula is C14H18ClN3. The summed E-state index contributed by atoms with van der Waals surface area (Å²) in [6.45, 7) is 3.09. The lowest BCUT2D eigenvalue weighted by molar-refractivity contribution is 0.574. The molecule has 0 radical (unpaired) electrons. The van der Waals surface area contributed by atoms with Crippen molar-refractivity contribution in [2.75, 3.05) is 0 Å². The van der Waals surface area contributed by atoms with E-state index in [9.17, 15) is 0 Å². The van der Waals surface area contributed by atoms with Crippen molar-refractivity contribution in [3.05, 3.63) is 53.1 Å². The van der Waals surface area contributed by atoms with Gasteiger partial charge in [-0.15, -0.1) is 0 Å². The second-order valence-electron chi connectivity index (χ2n) is 4.38. The maximum atomic E-state index is 6.23. The van der Waals surface area contributed by atoms with Gasteiger partial charge >= 0.3 is 0 Å². The number of nitrogens with two attached hydrogens (primary N) is 1. The Balaban J connectivity index is 2.14. The molecule has 0 aliphatic carbocycles. The molecule has 2 aromatic rings. The molecule has 2 N–H and O–H groups in total. The number of halogens is 1. The highest BCUT2D eigenvalue weighted by Gasteiger charge is 2.14. The van der Waals surface area contributed by atoms with Crippen LogP contribution < -0.4 is 5.73 Å². The maximum Gasteiger partial charge on any atom is 0.125 e. The number of imidazole rings is 1. The highest BCUT2D eigenvalue weighted by molar-refractivity contribution is 6.31. The minimum atomic E-state index is -0.119. The van der Waals surface area contributed by atoms with Gasteiger partial charge in [0.2, 0.25) is 0 Å². The summed E-state index contributed by atoms with van der Waals surface area (Å²) < 4.78 is 2.11. The Labute approximate surface area is 113 Å². The minimum Gasteiger partial charge on any atom is -0.334 e. The average molecular weight is 264 g/mol. The van der Waals surface area contributed by atoms with E-state index >= 15 is 0 Å². The van der Waals surface area contributed by atoms with Crippen molar-refractivity contribution in [1.82, 2.24) is 9.55 Å². The van der Waals surface area contributed by atoms with E-state index in [0.29, 0.717) is 6.42 Å². The zero-order chi connectivity index (χ0) is 13.0. The summed E-state index contributed by atoms with van der Waals surface area (Å²) in [5.41, 5.74) is 7.30. The topological polar surface area (TPSA) is 43.8 Å². The monoisotopic (exact) mass is 263 g/mol. The van der Waals surface area contributed by atoms with E-state index in [1.807, 2.05) is 30.5 Å². The van der Waals surface area contributed by atoms with Gasteiger partial charge < -0.3 is 10.3 Å². The van der Waals surface area contributed by atoms with E-state index in [2.05, 4.69) is 16.5 Å². The van der Waals surface area contributed by atoms with E-state index in [1.54, 1.807) is 6.20 Å². The molecule has 1 heterocycles. The van der Waals surface area contributed by atoms with Crippen molar-refractivity contribution in [2.24, 2.45) is 5.73 Å². The second-order valence-corrected chi connectivity index (χ2v) is 4.79. The molecule has 1 unspecified atom stereocenters. The van der Waals surface area contributed by atoms with Gasteiger partial charge in [0.1, 0.15) is 5.82 Å². The van der Waals surface area contributed by atoms with E-state index in [4.69, 9.17) is 17.3 Å². The van der Waals surface area contributed by atoms with Gasteiger partial charge in [-0.25, -0.2) is 4.98 Å². The highest BCUT2D eigenvalue weighted by atomic mass is 35.5. The molecule has 18 heavy (non-hydrogen) atoms. The van der Waals surface area contributed by atoms with Gasteiger partial charge in [0, 0.05) is 24.0 Å². The Morgan fingerprint density at radius 3 is 2.89 bits per heavy atom. The number of nitrogens with zero attached hydrogens (tertiary/aromatic N) is 2. The number of aromatic nitrogens is 2. The number of hydrogen-bond donors (Lipinski definition) is 1. The molecule has 0 saturated carbocycles. The number of hydrogen-bond acceptors (Lipinski definition) is 2. The van der Waals surface area contributed by atoms with Crippen molar-refractivity contribution in [2.45, 2.75) is 32.4 Å². The maximum absolute atomic E-state index is 6.23. The van der Waals surface area contributed by atoms with Crippen LogP contribution in [0.4, 0.5) is 0 Å². The number of benzene rings is 1. The molecule has 4 heteroatoms. The molecule has 3 nitrogen and oxygen atoms in total. The van der Waals surface area contributed by atoms with Crippen LogP contribution in [0.1, 0.15) is 30.8 Å². The highest BCUT2D eigenvalue weighted by Crippen LogP contribution is 2.21. The Bertz CT molecular complexity index is 507. The first-order valence-electron chi connectivity index (χ1n) is 6.22. The first kappa shape index (κ1) is 13.1. The van der Waals surface area contributed by atoms with Gasteiger partial charge in [-0.3, -0.25) is 0 Å². The third kappa shape index (κ3) is 2.92. The summed E-state index contributed by atoms with van der Waals surface area (Å²) in [6.07, 6.45) is 5.56. The van der Waals surface area contributed by atoms with Crippen LogP contribution in [0.3, 0.4) is 0 Å². The lowest BCUT2D eigenvalue weighted by atomic mass is 10.1. The summed E-state index contributed by atoms with van der Waals surface area (Å²) in [7, 11) is 0. The summed E-state index contributed by atoms with van der Waals surface area (Å²) in [6, 6.07) is 7.69. The first-order chi connectivity index (χ1) is 8.72. The Hall–Kier alpha value is -1.32. The van der Waals surface area contributed by atoms with Gasteiger partial charge in [0.25, 0.3) is 0 Å². The number of aryl methyl sites for hydroxylation is 1. The standard InChI is InChI=1S/C14H18ClN3/c1-2-8-18-9-7-17-14(18)13(16)10-11-5-3-4-6-12(11)15/h3-7,9,13H,2,8,10,16H2,1H3. The van der Waals surface area contributed by atoms with Crippen molar-refractivity contribution in [3.63, 3.8) is 0 Å². The molecule has 1 aromatic heterocycles. The lowest BCUT2D eigenvalue weighted by Crippen LogP contribution is -2.19. The van der Waals surface area contributed by atoms with Gasteiger partial charge in [-0.2, -0.15) is 0 Å². The molecule has 0 aliphatic rings. The van der Waals surface area contributed by atoms with Crippen LogP contribution in [-0.2, 0) is 13.0 Å². The van der Waals surface area contributed by atoms with Crippen molar-refractivity contribution < 1.29 is 0 Å². The fourth-order valence-corrected chi connectivity index (χ4v) is 2.28. The van der Waals surface area contributed by atoms with Crippen molar-refractivity contribution in [1.29, 1.82) is 0 Å². The summed E-state index contributed by atoms with van der Waals surface area (Å²) in [5, 5.41) is 0.765. The molecule has 1 atom stereocenters. The van der Waals surface area contributed by atoms with Gasteiger partial charge in [0.15, 0.2) is 0 Å². The van der Waals surface area contributed by atoms with Crippen molar-refractivity contribution >= 4 is 11.6 Å². The molecule has 96 valence electrons. The summed E-state index contributed by atoms with van der Waals surface area (Å²) in [4.78, 5) is 4.36. The smallest absolute Gasteiger partial charge is 0.125 e. The molecule has 0 aliphatic heterocycles. The van der Waals surface area contributed by atoms with Crippen molar-refractivity contribution in [3.8, 4) is 0 Å². The predicted molar refractivity (Wildman–Crippen MR) is 74.6 cm³/mol. The molecule has 0 spiro atoms. The van der Waals surface area contributed by atoms with Crippen LogP contribution in [0.25, 0.3) is 0 Å². The molecule has 1 aromatic carbocycles. The van der Waals surface area contributed by atoms with Crippen LogP contribution in [0.15, 0.2) is 36.7 Å². The van der Waals surface area contributed by atoms with Gasteiger partial charge in [-0.1, -0.05) is 36.7 Å². The van der Waals surface area contributed by atoms with Gasteiger partial charge in [-0.05, 0) is 24.5 Å². The number of rotatable bonds is 5. The fraction of sp³-hybridized carbons (Fsp3) is 0.357. The fourth-order valence-electron chi connectivity index (χ4n) is 2.07. The van der Waals surface area contributed by atoms with Crippen LogP contribution in [-0.4, -0.2) is 9.55 Å². The average Bonchev–Trinajstić information content (AvgIpc) is 2.81. The molecule has 2 rings (SSSR count). The summed E-state index contributed by atoms with van der Waals surface area (Å²) >= 11 is 6.15. The van der Waals surface area contributed by atoms with E-state index < -0.39 is 0 Å². The van der Waals surface area contributed by atoms with Crippen LogP contribution in [0.5, 0.6) is 0 Å². The van der Waals surface area contributed by atoms with Gasteiger partial charge in [0.05, 0.1) is 6.04 Å². The molecule has 0 amide bonds. The Morgan fingerprint density at radius 1 is 1.39 bits per heavy atom. The normalized spacial score (nSPS) is 12.6. The van der Waals surface area contributed by atoms with Crippen LogP contribution in [0, 0.1) is 0 Å². The molecule has 0 fully saturated rings. The van der Waals surface area contributed by atoms with E-state index in [0.717, 1.165) is 29.4 Å². The van der Waals surface area contributed by atoms with E-state index in [-0.39, 0.29) is 6.04 Å². The van der Waals surface area contributed by atoms with E-state index in [1.165, 1.54) is 0 Å². The second kappa shape index (κ2) is 6.03.